The van der Waals surface area contributed by atoms with Gasteiger partial charge in [0.2, 0.25) is 0 Å². The molecule has 1 aliphatic carbocycles. The Morgan fingerprint density at radius 1 is 1.11 bits per heavy atom. The first kappa shape index (κ1) is 16.0. The molecule has 19 heavy (non-hydrogen) atoms. The van der Waals surface area contributed by atoms with Gasteiger partial charge in [0.15, 0.2) is 0 Å². The molecular formula is C15H30N2S2. The lowest BCUT2D eigenvalue weighted by atomic mass is 9.73. The molecule has 2 fully saturated rings. The second-order valence-corrected chi connectivity index (χ2v) is 9.16. The number of hydrogen-bond acceptors (Lipinski definition) is 4. The smallest absolute Gasteiger partial charge is 0.0368 e. The fourth-order valence-electron chi connectivity index (χ4n) is 4.07. The molecule has 4 heteroatoms. The molecule has 0 aromatic heterocycles. The standard InChI is InChI=1S/C15H30N2S2/c1-4-13-15(19-6-5-18-13)14(17-16)12-8-10(2)7-11(3)9-12/h10-15,17H,4-9,16H2,1-3H3. The molecule has 1 aliphatic heterocycles. The zero-order valence-corrected chi connectivity index (χ0v) is 14.2. The second-order valence-electron chi connectivity index (χ2n) is 6.52. The van der Waals surface area contributed by atoms with Crippen molar-refractivity contribution in [2.45, 2.75) is 63.0 Å². The number of hydrogen-bond donors (Lipinski definition) is 2. The van der Waals surface area contributed by atoms with Crippen molar-refractivity contribution < 1.29 is 0 Å². The van der Waals surface area contributed by atoms with Crippen molar-refractivity contribution in [3.05, 3.63) is 0 Å². The largest absolute Gasteiger partial charge is 0.271 e. The second kappa shape index (κ2) is 7.58. The van der Waals surface area contributed by atoms with Crippen LogP contribution < -0.4 is 11.3 Å². The van der Waals surface area contributed by atoms with Crippen molar-refractivity contribution in [2.75, 3.05) is 11.5 Å². The first-order valence-electron chi connectivity index (χ1n) is 7.85. The van der Waals surface area contributed by atoms with E-state index in [2.05, 4.69) is 49.7 Å². The number of rotatable bonds is 4. The first-order chi connectivity index (χ1) is 9.15. The Bertz CT molecular complexity index is 265. The van der Waals surface area contributed by atoms with Crippen LogP contribution in [-0.2, 0) is 0 Å². The minimum atomic E-state index is 0.507. The average Bonchev–Trinajstić information content (AvgIpc) is 2.39. The molecule has 0 spiro atoms. The fourth-order valence-corrected chi connectivity index (χ4v) is 7.40. The third-order valence-corrected chi connectivity index (χ3v) is 8.14. The van der Waals surface area contributed by atoms with E-state index in [1.807, 2.05) is 0 Å². The Hall–Kier alpha value is 0.620. The van der Waals surface area contributed by atoms with Crippen LogP contribution in [0.5, 0.6) is 0 Å². The molecule has 0 radical (unpaired) electrons. The molecule has 2 rings (SSSR count). The third-order valence-electron chi connectivity index (χ3n) is 4.76. The Kier molecular flexibility index (Phi) is 6.38. The predicted molar refractivity (Wildman–Crippen MR) is 89.6 cm³/mol. The van der Waals surface area contributed by atoms with Crippen LogP contribution in [0.2, 0.25) is 0 Å². The van der Waals surface area contributed by atoms with Crippen LogP contribution in [0.15, 0.2) is 0 Å². The summed E-state index contributed by atoms with van der Waals surface area (Å²) in [6, 6.07) is 0.507. The average molecular weight is 303 g/mol. The molecule has 3 N–H and O–H groups in total. The van der Waals surface area contributed by atoms with E-state index in [9.17, 15) is 0 Å². The van der Waals surface area contributed by atoms with Crippen LogP contribution in [0.25, 0.3) is 0 Å². The van der Waals surface area contributed by atoms with Gasteiger partial charge in [0.25, 0.3) is 0 Å². The highest BCUT2D eigenvalue weighted by atomic mass is 32.2. The minimum Gasteiger partial charge on any atom is -0.271 e. The van der Waals surface area contributed by atoms with Crippen LogP contribution in [0.3, 0.4) is 0 Å². The van der Waals surface area contributed by atoms with Crippen molar-refractivity contribution in [1.82, 2.24) is 5.43 Å². The summed E-state index contributed by atoms with van der Waals surface area (Å²) in [7, 11) is 0. The maximum Gasteiger partial charge on any atom is 0.0368 e. The summed E-state index contributed by atoms with van der Waals surface area (Å²) >= 11 is 4.33. The van der Waals surface area contributed by atoms with Gasteiger partial charge >= 0.3 is 0 Å². The van der Waals surface area contributed by atoms with E-state index in [0.717, 1.165) is 23.0 Å². The van der Waals surface area contributed by atoms with Crippen molar-refractivity contribution >= 4 is 23.5 Å². The summed E-state index contributed by atoms with van der Waals surface area (Å²) in [4.78, 5) is 0. The van der Waals surface area contributed by atoms with Gasteiger partial charge < -0.3 is 0 Å². The molecule has 0 aromatic carbocycles. The quantitative estimate of drug-likeness (QED) is 0.615. The maximum atomic E-state index is 5.97. The molecule has 1 saturated heterocycles. The van der Waals surface area contributed by atoms with Gasteiger partial charge in [0.05, 0.1) is 0 Å². The molecule has 2 nitrogen and oxygen atoms in total. The summed E-state index contributed by atoms with van der Waals surface area (Å²) in [5.74, 6) is 11.1. The van der Waals surface area contributed by atoms with Crippen LogP contribution in [-0.4, -0.2) is 28.0 Å². The summed E-state index contributed by atoms with van der Waals surface area (Å²) in [6.07, 6.45) is 5.39. The lowest BCUT2D eigenvalue weighted by molar-refractivity contribution is 0.173. The van der Waals surface area contributed by atoms with E-state index >= 15 is 0 Å². The summed E-state index contributed by atoms with van der Waals surface area (Å²) in [5, 5.41) is 1.49. The summed E-state index contributed by atoms with van der Waals surface area (Å²) < 4.78 is 0. The fraction of sp³-hybridized carbons (Fsp3) is 1.00. The molecule has 0 bridgehead atoms. The summed E-state index contributed by atoms with van der Waals surface area (Å²) in [5.41, 5.74) is 3.21. The van der Waals surface area contributed by atoms with E-state index in [0.29, 0.717) is 11.3 Å². The van der Waals surface area contributed by atoms with Crippen molar-refractivity contribution in [1.29, 1.82) is 0 Å². The van der Waals surface area contributed by atoms with Gasteiger partial charge in [-0.1, -0.05) is 20.8 Å². The SMILES string of the molecule is CCC1SCCSC1C(NN)C1CC(C)CC(C)C1. The van der Waals surface area contributed by atoms with Crippen LogP contribution in [0.4, 0.5) is 0 Å². The van der Waals surface area contributed by atoms with E-state index in [1.54, 1.807) is 0 Å². The molecule has 0 amide bonds. The molecule has 2 aliphatic rings. The summed E-state index contributed by atoms with van der Waals surface area (Å²) in [6.45, 7) is 7.16. The highest BCUT2D eigenvalue weighted by molar-refractivity contribution is 8.07. The molecule has 112 valence electrons. The lowest BCUT2D eigenvalue weighted by Gasteiger charge is -2.43. The van der Waals surface area contributed by atoms with Gasteiger partial charge in [0.1, 0.15) is 0 Å². The Morgan fingerprint density at radius 2 is 1.74 bits per heavy atom. The molecule has 1 saturated carbocycles. The van der Waals surface area contributed by atoms with Gasteiger partial charge in [0, 0.05) is 28.0 Å². The zero-order chi connectivity index (χ0) is 13.8. The molecule has 5 atom stereocenters. The van der Waals surface area contributed by atoms with Crippen molar-refractivity contribution in [2.24, 2.45) is 23.6 Å². The van der Waals surface area contributed by atoms with Crippen LogP contribution in [0.1, 0.15) is 46.5 Å². The van der Waals surface area contributed by atoms with Crippen molar-refractivity contribution in [3.8, 4) is 0 Å². The number of nitrogens with one attached hydrogen (secondary N) is 1. The number of nitrogens with two attached hydrogens (primary N) is 1. The predicted octanol–water partition coefficient (Wildman–Crippen LogP) is 3.52. The van der Waals surface area contributed by atoms with Crippen molar-refractivity contribution in [3.63, 3.8) is 0 Å². The normalized spacial score (nSPS) is 42.0. The Morgan fingerprint density at radius 3 is 2.32 bits per heavy atom. The monoisotopic (exact) mass is 302 g/mol. The third kappa shape index (κ3) is 4.05. The molecule has 0 aromatic rings. The van der Waals surface area contributed by atoms with Gasteiger partial charge in [-0.25, -0.2) is 0 Å². The van der Waals surface area contributed by atoms with E-state index in [-0.39, 0.29) is 0 Å². The van der Waals surface area contributed by atoms with E-state index in [1.165, 1.54) is 37.2 Å². The van der Waals surface area contributed by atoms with Gasteiger partial charge in [-0.2, -0.15) is 23.5 Å². The minimum absolute atomic E-state index is 0.507. The first-order valence-corrected chi connectivity index (χ1v) is 9.94. The van der Waals surface area contributed by atoms with Crippen LogP contribution >= 0.6 is 23.5 Å². The number of hydrazine groups is 1. The number of thioether (sulfide) groups is 2. The van der Waals surface area contributed by atoms with Gasteiger partial charge in [-0.15, -0.1) is 0 Å². The van der Waals surface area contributed by atoms with Gasteiger partial charge in [-0.05, 0) is 43.4 Å². The molecular weight excluding hydrogens is 272 g/mol. The van der Waals surface area contributed by atoms with E-state index in [4.69, 9.17) is 5.84 Å². The maximum absolute atomic E-state index is 5.97. The van der Waals surface area contributed by atoms with Gasteiger partial charge in [-0.3, -0.25) is 11.3 Å². The van der Waals surface area contributed by atoms with Crippen LogP contribution in [0, 0.1) is 17.8 Å². The highest BCUT2D eigenvalue weighted by Gasteiger charge is 2.38. The Labute approximate surface area is 127 Å². The Balaban J connectivity index is 2.04. The molecule has 1 heterocycles. The highest BCUT2D eigenvalue weighted by Crippen LogP contribution is 2.42. The topological polar surface area (TPSA) is 38.0 Å². The molecule has 5 unspecified atom stereocenters. The van der Waals surface area contributed by atoms with E-state index < -0.39 is 0 Å². The lowest BCUT2D eigenvalue weighted by Crippen LogP contribution is -2.53. The zero-order valence-electron chi connectivity index (χ0n) is 12.6.